The maximum atomic E-state index is 12.3. The van der Waals surface area contributed by atoms with Crippen LogP contribution in [0.3, 0.4) is 0 Å². The number of amides is 1. The SMILES string of the molecule is O=C(N/N=C\c1ccc(OCc2ccc(Cl)cc2Cl)cc1)c1ccc2ccccc2c1. The Bertz CT molecular complexity index is 1250. The van der Waals surface area contributed by atoms with E-state index in [0.717, 1.165) is 21.9 Å². The van der Waals surface area contributed by atoms with Gasteiger partial charge in [-0.25, -0.2) is 5.43 Å². The summed E-state index contributed by atoms with van der Waals surface area (Å²) in [5.41, 5.74) is 4.80. The Balaban J connectivity index is 1.33. The number of ether oxygens (including phenoxy) is 1. The summed E-state index contributed by atoms with van der Waals surface area (Å²) < 4.78 is 5.76. The predicted molar refractivity (Wildman–Crippen MR) is 126 cm³/mol. The van der Waals surface area contributed by atoms with Gasteiger partial charge in [0.1, 0.15) is 12.4 Å². The van der Waals surface area contributed by atoms with Gasteiger partial charge in [0.25, 0.3) is 5.91 Å². The molecule has 0 atom stereocenters. The van der Waals surface area contributed by atoms with Gasteiger partial charge in [-0.3, -0.25) is 4.79 Å². The summed E-state index contributed by atoms with van der Waals surface area (Å²) >= 11 is 12.1. The second kappa shape index (κ2) is 9.65. The monoisotopic (exact) mass is 448 g/mol. The van der Waals surface area contributed by atoms with Crippen LogP contribution in [-0.4, -0.2) is 12.1 Å². The molecule has 1 amide bonds. The van der Waals surface area contributed by atoms with E-state index >= 15 is 0 Å². The number of fused-ring (bicyclic) bond motifs is 1. The zero-order valence-electron chi connectivity index (χ0n) is 16.4. The maximum absolute atomic E-state index is 12.3. The maximum Gasteiger partial charge on any atom is 0.271 e. The first-order chi connectivity index (χ1) is 15.1. The smallest absolute Gasteiger partial charge is 0.271 e. The molecule has 0 heterocycles. The largest absolute Gasteiger partial charge is 0.489 e. The summed E-state index contributed by atoms with van der Waals surface area (Å²) in [5, 5.41) is 7.30. The van der Waals surface area contributed by atoms with Crippen molar-refractivity contribution in [1.82, 2.24) is 5.43 Å². The van der Waals surface area contributed by atoms with Crippen molar-refractivity contribution in [2.24, 2.45) is 5.10 Å². The molecule has 31 heavy (non-hydrogen) atoms. The van der Waals surface area contributed by atoms with Crippen LogP contribution in [0.15, 0.2) is 90.0 Å². The number of hydrogen-bond donors (Lipinski definition) is 1. The van der Waals surface area contributed by atoms with Gasteiger partial charge < -0.3 is 4.74 Å². The number of rotatable bonds is 6. The molecule has 0 aliphatic rings. The van der Waals surface area contributed by atoms with E-state index in [9.17, 15) is 4.79 Å². The molecule has 0 saturated carbocycles. The number of nitrogens with one attached hydrogen (secondary N) is 1. The van der Waals surface area contributed by atoms with Gasteiger partial charge in [-0.15, -0.1) is 0 Å². The second-order valence-electron chi connectivity index (χ2n) is 6.85. The molecule has 1 N–H and O–H groups in total. The molecule has 0 unspecified atom stereocenters. The van der Waals surface area contributed by atoms with Gasteiger partial charge in [0.2, 0.25) is 0 Å². The zero-order chi connectivity index (χ0) is 21.6. The van der Waals surface area contributed by atoms with Crippen LogP contribution in [0.2, 0.25) is 10.0 Å². The third-order valence-corrected chi connectivity index (χ3v) is 5.27. The molecule has 4 aromatic carbocycles. The Kier molecular flexibility index (Phi) is 6.51. The molecule has 154 valence electrons. The second-order valence-corrected chi connectivity index (χ2v) is 7.70. The molecule has 0 aliphatic heterocycles. The van der Waals surface area contributed by atoms with E-state index in [4.69, 9.17) is 27.9 Å². The Hall–Kier alpha value is -3.34. The first-order valence-electron chi connectivity index (χ1n) is 9.57. The fraction of sp³-hybridized carbons (Fsp3) is 0.0400. The van der Waals surface area contributed by atoms with Crippen molar-refractivity contribution in [1.29, 1.82) is 0 Å². The van der Waals surface area contributed by atoms with Crippen molar-refractivity contribution in [2.45, 2.75) is 6.61 Å². The van der Waals surface area contributed by atoms with Crippen molar-refractivity contribution in [3.05, 3.63) is 112 Å². The van der Waals surface area contributed by atoms with E-state index < -0.39 is 0 Å². The summed E-state index contributed by atoms with van der Waals surface area (Å²) in [7, 11) is 0. The molecule has 0 bridgehead atoms. The lowest BCUT2D eigenvalue weighted by Gasteiger charge is -2.08. The minimum absolute atomic E-state index is 0.262. The van der Waals surface area contributed by atoms with Crippen LogP contribution < -0.4 is 10.2 Å². The third-order valence-electron chi connectivity index (χ3n) is 4.68. The molecular weight excluding hydrogens is 431 g/mol. The molecule has 6 heteroatoms. The van der Waals surface area contributed by atoms with Gasteiger partial charge in [0, 0.05) is 21.2 Å². The quantitative estimate of drug-likeness (QED) is 0.270. The Morgan fingerprint density at radius 2 is 1.68 bits per heavy atom. The van der Waals surface area contributed by atoms with E-state index in [-0.39, 0.29) is 5.91 Å². The number of benzene rings is 4. The first-order valence-corrected chi connectivity index (χ1v) is 10.3. The number of hydrogen-bond acceptors (Lipinski definition) is 3. The van der Waals surface area contributed by atoms with Gasteiger partial charge in [0.05, 0.1) is 6.21 Å². The Morgan fingerprint density at radius 1 is 0.903 bits per heavy atom. The van der Waals surface area contributed by atoms with Gasteiger partial charge in [-0.1, -0.05) is 59.6 Å². The summed E-state index contributed by atoms with van der Waals surface area (Å²) in [6, 6.07) is 26.1. The fourth-order valence-corrected chi connectivity index (χ4v) is 3.47. The van der Waals surface area contributed by atoms with Gasteiger partial charge in [-0.2, -0.15) is 5.10 Å². The van der Waals surface area contributed by atoms with Crippen molar-refractivity contribution in [3.8, 4) is 5.75 Å². The van der Waals surface area contributed by atoms with Crippen LogP contribution in [-0.2, 0) is 6.61 Å². The molecule has 0 aromatic heterocycles. The molecule has 0 aliphatic carbocycles. The average Bonchev–Trinajstić information content (AvgIpc) is 2.79. The van der Waals surface area contributed by atoms with Gasteiger partial charge >= 0.3 is 0 Å². The molecule has 4 aromatic rings. The summed E-state index contributed by atoms with van der Waals surface area (Å²) in [6.45, 7) is 0.339. The van der Waals surface area contributed by atoms with E-state index in [0.29, 0.717) is 28.0 Å². The summed E-state index contributed by atoms with van der Waals surface area (Å²) in [5.74, 6) is 0.435. The summed E-state index contributed by atoms with van der Waals surface area (Å²) in [4.78, 5) is 12.3. The zero-order valence-corrected chi connectivity index (χ0v) is 17.9. The van der Waals surface area contributed by atoms with Crippen molar-refractivity contribution in [3.63, 3.8) is 0 Å². The summed E-state index contributed by atoms with van der Waals surface area (Å²) in [6.07, 6.45) is 1.58. The Morgan fingerprint density at radius 3 is 2.45 bits per heavy atom. The highest BCUT2D eigenvalue weighted by atomic mass is 35.5. The van der Waals surface area contributed by atoms with Crippen LogP contribution in [0.4, 0.5) is 0 Å². The van der Waals surface area contributed by atoms with Crippen LogP contribution in [0, 0.1) is 0 Å². The highest BCUT2D eigenvalue weighted by Gasteiger charge is 2.05. The molecule has 0 fully saturated rings. The van der Waals surface area contributed by atoms with Crippen molar-refractivity contribution < 1.29 is 9.53 Å². The van der Waals surface area contributed by atoms with Crippen molar-refractivity contribution >= 4 is 46.1 Å². The number of hydrazone groups is 1. The minimum Gasteiger partial charge on any atom is -0.489 e. The molecular formula is C25H18Cl2N2O2. The van der Waals surface area contributed by atoms with E-state index in [1.807, 2.05) is 66.7 Å². The number of nitrogens with zero attached hydrogens (tertiary/aromatic N) is 1. The number of carbonyl (C=O) groups is 1. The molecule has 0 saturated heterocycles. The standard InChI is InChI=1S/C25H18Cl2N2O2/c26-22-10-9-21(24(27)14-22)16-31-23-11-5-17(6-12-23)15-28-29-25(30)20-8-7-18-3-1-2-4-19(18)13-20/h1-15H,16H2,(H,29,30)/b28-15-. The first kappa shape index (κ1) is 20.9. The lowest BCUT2D eigenvalue weighted by molar-refractivity contribution is 0.0955. The van der Waals surface area contributed by atoms with Gasteiger partial charge in [0.15, 0.2) is 0 Å². The molecule has 0 spiro atoms. The van der Waals surface area contributed by atoms with Crippen LogP contribution >= 0.6 is 23.2 Å². The third kappa shape index (κ3) is 5.43. The van der Waals surface area contributed by atoms with Crippen molar-refractivity contribution in [2.75, 3.05) is 0 Å². The molecule has 0 radical (unpaired) electrons. The van der Waals surface area contributed by atoms with E-state index in [1.54, 1.807) is 24.4 Å². The topological polar surface area (TPSA) is 50.7 Å². The van der Waals surface area contributed by atoms with Crippen LogP contribution in [0.25, 0.3) is 10.8 Å². The predicted octanol–water partition coefficient (Wildman–Crippen LogP) is 6.49. The van der Waals surface area contributed by atoms with E-state index in [1.165, 1.54) is 0 Å². The van der Waals surface area contributed by atoms with Gasteiger partial charge in [-0.05, 0) is 64.9 Å². The number of halogens is 2. The highest BCUT2D eigenvalue weighted by molar-refractivity contribution is 6.35. The number of carbonyl (C=O) groups excluding carboxylic acids is 1. The lowest BCUT2D eigenvalue weighted by Crippen LogP contribution is -2.17. The fourth-order valence-electron chi connectivity index (χ4n) is 3.01. The minimum atomic E-state index is -0.262. The molecule has 4 nitrogen and oxygen atoms in total. The Labute approximate surface area is 190 Å². The lowest BCUT2D eigenvalue weighted by atomic mass is 10.1. The van der Waals surface area contributed by atoms with Crippen LogP contribution in [0.1, 0.15) is 21.5 Å². The molecule has 4 rings (SSSR count). The van der Waals surface area contributed by atoms with Crippen LogP contribution in [0.5, 0.6) is 5.75 Å². The van der Waals surface area contributed by atoms with E-state index in [2.05, 4.69) is 10.5 Å². The normalized spacial score (nSPS) is 11.0. The highest BCUT2D eigenvalue weighted by Crippen LogP contribution is 2.23. The average molecular weight is 449 g/mol.